The molecule has 130 valence electrons. The molecule has 0 fully saturated rings. The number of benzene rings is 2. The highest BCUT2D eigenvalue weighted by atomic mass is 32.2. The van der Waals surface area contributed by atoms with E-state index < -0.39 is 0 Å². The summed E-state index contributed by atoms with van der Waals surface area (Å²) in [6, 6.07) is 19.3. The first-order valence-corrected chi connectivity index (χ1v) is 9.18. The standard InChI is InChI=1S/C20H18N4OS/c1-15(26-19-17-10-5-6-11-18(17)22-14-23-19)20(25)24(13-7-12-21)16-8-3-2-4-9-16/h2-6,8-11,14-15H,7,13H2,1H3/t15-/m0/s1. The van der Waals surface area contributed by atoms with Crippen molar-refractivity contribution in [1.29, 1.82) is 5.26 Å². The summed E-state index contributed by atoms with van der Waals surface area (Å²) in [5, 5.41) is 10.3. The molecule has 0 radical (unpaired) electrons. The zero-order valence-corrected chi connectivity index (χ0v) is 15.2. The van der Waals surface area contributed by atoms with E-state index in [4.69, 9.17) is 5.26 Å². The molecule has 0 aliphatic rings. The Kier molecular flexibility index (Phi) is 5.82. The zero-order chi connectivity index (χ0) is 18.4. The molecule has 6 heteroatoms. The molecule has 1 amide bonds. The fourth-order valence-corrected chi connectivity index (χ4v) is 3.62. The molecule has 0 saturated carbocycles. The van der Waals surface area contributed by atoms with Gasteiger partial charge >= 0.3 is 0 Å². The molecule has 2 aromatic carbocycles. The molecule has 1 atom stereocenters. The Bertz CT molecular complexity index is 934. The highest BCUT2D eigenvalue weighted by Crippen LogP contribution is 2.29. The van der Waals surface area contributed by atoms with Gasteiger partial charge in [0, 0.05) is 17.6 Å². The van der Waals surface area contributed by atoms with E-state index in [0.29, 0.717) is 6.54 Å². The van der Waals surface area contributed by atoms with Crippen molar-refractivity contribution in [2.75, 3.05) is 11.4 Å². The van der Waals surface area contributed by atoms with Gasteiger partial charge in [0.15, 0.2) is 0 Å². The van der Waals surface area contributed by atoms with Gasteiger partial charge in [-0.3, -0.25) is 4.79 Å². The van der Waals surface area contributed by atoms with Gasteiger partial charge in [-0.05, 0) is 25.1 Å². The number of hydrogen-bond acceptors (Lipinski definition) is 5. The van der Waals surface area contributed by atoms with E-state index in [9.17, 15) is 4.79 Å². The monoisotopic (exact) mass is 362 g/mol. The van der Waals surface area contributed by atoms with Crippen molar-refractivity contribution >= 4 is 34.3 Å². The van der Waals surface area contributed by atoms with Gasteiger partial charge in [0.2, 0.25) is 5.91 Å². The molecule has 0 spiro atoms. The Morgan fingerprint density at radius 1 is 1.15 bits per heavy atom. The van der Waals surface area contributed by atoms with Crippen LogP contribution in [0.5, 0.6) is 0 Å². The Balaban J connectivity index is 1.83. The molecule has 1 aromatic heterocycles. The predicted molar refractivity (Wildman–Crippen MR) is 104 cm³/mol. The first-order valence-electron chi connectivity index (χ1n) is 8.30. The number of nitriles is 1. The maximum atomic E-state index is 13.0. The minimum atomic E-state index is -0.341. The van der Waals surface area contributed by atoms with Crippen molar-refractivity contribution in [2.45, 2.75) is 23.6 Å². The van der Waals surface area contributed by atoms with Crippen LogP contribution < -0.4 is 4.90 Å². The molecule has 3 rings (SSSR count). The summed E-state index contributed by atoms with van der Waals surface area (Å²) in [5.41, 5.74) is 1.65. The zero-order valence-electron chi connectivity index (χ0n) is 14.4. The van der Waals surface area contributed by atoms with E-state index in [1.807, 2.05) is 61.5 Å². The molecule has 1 heterocycles. The minimum absolute atomic E-state index is 0.0425. The Hall–Kier alpha value is -2.91. The van der Waals surface area contributed by atoms with Crippen molar-refractivity contribution in [3.05, 3.63) is 60.9 Å². The van der Waals surface area contributed by atoms with Crippen LogP contribution in [0.3, 0.4) is 0 Å². The van der Waals surface area contributed by atoms with Crippen LogP contribution in [-0.2, 0) is 4.79 Å². The number of aromatic nitrogens is 2. The third-order valence-corrected chi connectivity index (χ3v) is 5.03. The van der Waals surface area contributed by atoms with E-state index in [1.165, 1.54) is 18.1 Å². The molecular weight excluding hydrogens is 344 g/mol. The lowest BCUT2D eigenvalue weighted by atomic mass is 10.2. The van der Waals surface area contributed by atoms with Crippen LogP contribution in [0.4, 0.5) is 5.69 Å². The lowest BCUT2D eigenvalue weighted by Gasteiger charge is -2.25. The van der Waals surface area contributed by atoms with Crippen LogP contribution in [0.2, 0.25) is 0 Å². The smallest absolute Gasteiger partial charge is 0.240 e. The summed E-state index contributed by atoms with van der Waals surface area (Å²) in [5.74, 6) is -0.0425. The van der Waals surface area contributed by atoms with E-state index in [1.54, 1.807) is 4.90 Å². The van der Waals surface area contributed by atoms with Gasteiger partial charge < -0.3 is 4.90 Å². The number of fused-ring (bicyclic) bond motifs is 1. The molecule has 0 N–H and O–H groups in total. The first kappa shape index (κ1) is 17.9. The van der Waals surface area contributed by atoms with Gasteiger partial charge in [-0.15, -0.1) is 0 Å². The van der Waals surface area contributed by atoms with Crippen LogP contribution in [0.25, 0.3) is 10.9 Å². The number of carbonyl (C=O) groups excluding carboxylic acids is 1. The lowest BCUT2D eigenvalue weighted by molar-refractivity contribution is -0.117. The maximum absolute atomic E-state index is 13.0. The normalized spacial score (nSPS) is 11.7. The summed E-state index contributed by atoms with van der Waals surface area (Å²) in [4.78, 5) is 23.3. The molecule has 0 aliphatic carbocycles. The summed E-state index contributed by atoms with van der Waals surface area (Å²) in [6.07, 6.45) is 1.81. The number of nitrogens with zero attached hydrogens (tertiary/aromatic N) is 4. The molecule has 0 saturated heterocycles. The van der Waals surface area contributed by atoms with Crippen molar-refractivity contribution in [3.63, 3.8) is 0 Å². The number of rotatable bonds is 6. The fraction of sp³-hybridized carbons (Fsp3) is 0.200. The number of anilines is 1. The van der Waals surface area contributed by atoms with Gasteiger partial charge in [0.25, 0.3) is 0 Å². The third kappa shape index (κ3) is 4.01. The maximum Gasteiger partial charge on any atom is 0.240 e. The highest BCUT2D eigenvalue weighted by Gasteiger charge is 2.23. The molecule has 26 heavy (non-hydrogen) atoms. The summed E-state index contributed by atoms with van der Waals surface area (Å²) in [6.45, 7) is 2.24. The van der Waals surface area contributed by atoms with Crippen LogP contribution >= 0.6 is 11.8 Å². The Morgan fingerprint density at radius 2 is 1.88 bits per heavy atom. The second-order valence-corrected chi connectivity index (χ2v) is 7.02. The quantitative estimate of drug-likeness (QED) is 0.488. The molecule has 3 aromatic rings. The van der Waals surface area contributed by atoms with Crippen molar-refractivity contribution < 1.29 is 4.79 Å². The van der Waals surface area contributed by atoms with E-state index >= 15 is 0 Å². The molecule has 0 unspecified atom stereocenters. The van der Waals surface area contributed by atoms with Gasteiger partial charge in [-0.2, -0.15) is 5.26 Å². The number of thioether (sulfide) groups is 1. The van der Waals surface area contributed by atoms with Crippen molar-refractivity contribution in [2.24, 2.45) is 0 Å². The number of hydrogen-bond donors (Lipinski definition) is 0. The van der Waals surface area contributed by atoms with Gasteiger partial charge in [0.1, 0.15) is 11.4 Å². The summed E-state index contributed by atoms with van der Waals surface area (Å²) in [7, 11) is 0. The van der Waals surface area contributed by atoms with Gasteiger partial charge in [0.05, 0.1) is 23.3 Å². The van der Waals surface area contributed by atoms with Crippen molar-refractivity contribution in [1.82, 2.24) is 9.97 Å². The van der Waals surface area contributed by atoms with Crippen LogP contribution in [0, 0.1) is 11.3 Å². The van der Waals surface area contributed by atoms with Crippen LogP contribution in [-0.4, -0.2) is 27.7 Å². The lowest BCUT2D eigenvalue weighted by Crippen LogP contribution is -2.37. The second kappa shape index (κ2) is 8.45. The Labute approximate surface area is 156 Å². The molecule has 0 bridgehead atoms. The molecule has 5 nitrogen and oxygen atoms in total. The largest absolute Gasteiger partial charge is 0.310 e. The predicted octanol–water partition coefficient (Wildman–Crippen LogP) is 4.06. The van der Waals surface area contributed by atoms with E-state index in [2.05, 4.69) is 16.0 Å². The van der Waals surface area contributed by atoms with Crippen molar-refractivity contribution in [3.8, 4) is 6.07 Å². The molecular formula is C20H18N4OS. The van der Waals surface area contributed by atoms with Crippen LogP contribution in [0.15, 0.2) is 66.0 Å². The first-order chi connectivity index (χ1) is 12.7. The van der Waals surface area contributed by atoms with Gasteiger partial charge in [-0.25, -0.2) is 9.97 Å². The summed E-state index contributed by atoms with van der Waals surface area (Å²) >= 11 is 1.41. The number of carbonyl (C=O) groups is 1. The average Bonchev–Trinajstić information content (AvgIpc) is 2.69. The molecule has 0 aliphatic heterocycles. The topological polar surface area (TPSA) is 69.9 Å². The van der Waals surface area contributed by atoms with E-state index in [0.717, 1.165) is 21.6 Å². The fourth-order valence-electron chi connectivity index (χ4n) is 2.65. The van der Waals surface area contributed by atoms with Crippen LogP contribution in [0.1, 0.15) is 13.3 Å². The summed E-state index contributed by atoms with van der Waals surface area (Å²) < 4.78 is 0. The van der Waals surface area contributed by atoms with E-state index in [-0.39, 0.29) is 17.6 Å². The van der Waals surface area contributed by atoms with Gasteiger partial charge in [-0.1, -0.05) is 48.2 Å². The SMILES string of the molecule is C[C@H](Sc1ncnc2ccccc12)C(=O)N(CCC#N)c1ccccc1. The minimum Gasteiger partial charge on any atom is -0.310 e. The Morgan fingerprint density at radius 3 is 2.65 bits per heavy atom. The average molecular weight is 362 g/mol. The number of para-hydroxylation sites is 2. The highest BCUT2D eigenvalue weighted by molar-refractivity contribution is 8.00. The number of amides is 1. The second-order valence-electron chi connectivity index (χ2n) is 5.69. The third-order valence-electron chi connectivity index (χ3n) is 3.92.